The molecule has 19 heavy (non-hydrogen) atoms. The van der Waals surface area contributed by atoms with Gasteiger partial charge in [0.15, 0.2) is 0 Å². The third kappa shape index (κ3) is 3.13. The van der Waals surface area contributed by atoms with Gasteiger partial charge in [-0.15, -0.1) is 0 Å². The molecule has 1 aromatic rings. The molecule has 1 amide bonds. The summed E-state index contributed by atoms with van der Waals surface area (Å²) in [5.41, 5.74) is 6.89. The van der Waals surface area contributed by atoms with Crippen LogP contribution in [0.4, 0.5) is 4.39 Å². The Morgan fingerprint density at radius 3 is 2.68 bits per heavy atom. The van der Waals surface area contributed by atoms with E-state index in [1.54, 1.807) is 13.0 Å². The molecule has 0 saturated heterocycles. The van der Waals surface area contributed by atoms with E-state index in [4.69, 9.17) is 5.73 Å². The van der Waals surface area contributed by atoms with Crippen molar-refractivity contribution in [1.82, 2.24) is 5.32 Å². The average molecular weight is 264 g/mol. The minimum Gasteiger partial charge on any atom is -0.351 e. The normalized spacial score (nSPS) is 17.4. The van der Waals surface area contributed by atoms with Gasteiger partial charge in [-0.2, -0.15) is 0 Å². The number of nitrogens with one attached hydrogen (secondary N) is 1. The van der Waals surface area contributed by atoms with E-state index in [-0.39, 0.29) is 17.1 Å². The number of halogens is 1. The van der Waals surface area contributed by atoms with E-state index in [1.807, 2.05) is 0 Å². The minimum atomic E-state index is -0.286. The Hall–Kier alpha value is -1.42. The maximum Gasteiger partial charge on any atom is 0.251 e. The third-order valence-electron chi connectivity index (χ3n) is 4.14. The smallest absolute Gasteiger partial charge is 0.251 e. The number of hydrogen-bond donors (Lipinski definition) is 2. The molecule has 1 aromatic carbocycles. The first kappa shape index (κ1) is 14.0. The zero-order valence-electron chi connectivity index (χ0n) is 11.3. The van der Waals surface area contributed by atoms with E-state index in [2.05, 4.69) is 5.32 Å². The van der Waals surface area contributed by atoms with Crippen molar-refractivity contribution in [2.45, 2.75) is 32.6 Å². The highest BCUT2D eigenvalue weighted by Gasteiger charge is 2.32. The van der Waals surface area contributed by atoms with Gasteiger partial charge in [0.1, 0.15) is 5.82 Å². The molecule has 0 bridgehead atoms. The topological polar surface area (TPSA) is 55.1 Å². The predicted octanol–water partition coefficient (Wildman–Crippen LogP) is 2.38. The van der Waals surface area contributed by atoms with Crippen molar-refractivity contribution in [2.24, 2.45) is 11.1 Å². The summed E-state index contributed by atoms with van der Waals surface area (Å²) < 4.78 is 13.2. The summed E-state index contributed by atoms with van der Waals surface area (Å²) in [5, 5.41) is 2.94. The van der Waals surface area contributed by atoms with E-state index >= 15 is 0 Å². The van der Waals surface area contributed by atoms with Gasteiger partial charge in [0, 0.05) is 12.1 Å². The van der Waals surface area contributed by atoms with Crippen LogP contribution >= 0.6 is 0 Å². The molecule has 0 aliphatic heterocycles. The Morgan fingerprint density at radius 2 is 2.11 bits per heavy atom. The zero-order chi connectivity index (χ0) is 13.9. The molecule has 2 rings (SSSR count). The Bertz CT molecular complexity index is 467. The van der Waals surface area contributed by atoms with Crippen LogP contribution < -0.4 is 11.1 Å². The van der Waals surface area contributed by atoms with E-state index in [0.29, 0.717) is 24.2 Å². The quantitative estimate of drug-likeness (QED) is 0.877. The summed E-state index contributed by atoms with van der Waals surface area (Å²) in [6.07, 6.45) is 4.52. The Labute approximate surface area is 113 Å². The molecule has 0 radical (unpaired) electrons. The Kier molecular flexibility index (Phi) is 4.20. The Morgan fingerprint density at radius 1 is 1.42 bits per heavy atom. The monoisotopic (exact) mass is 264 g/mol. The summed E-state index contributed by atoms with van der Waals surface area (Å²) in [6.45, 7) is 2.87. The Balaban J connectivity index is 1.99. The number of hydrogen-bond acceptors (Lipinski definition) is 2. The molecule has 1 aliphatic carbocycles. The molecule has 104 valence electrons. The summed E-state index contributed by atoms with van der Waals surface area (Å²) in [7, 11) is 0. The van der Waals surface area contributed by atoms with Crippen LogP contribution in [0.15, 0.2) is 18.2 Å². The SMILES string of the molecule is Cc1cc(C(=O)NCC2(CN)CCCC2)ccc1F. The van der Waals surface area contributed by atoms with Gasteiger partial charge in [0.25, 0.3) is 5.91 Å². The minimum absolute atomic E-state index is 0.0603. The molecular formula is C15H21FN2O. The van der Waals surface area contributed by atoms with Gasteiger partial charge < -0.3 is 11.1 Å². The van der Waals surface area contributed by atoms with Crippen molar-refractivity contribution < 1.29 is 9.18 Å². The molecule has 0 spiro atoms. The van der Waals surface area contributed by atoms with Gasteiger partial charge in [0.2, 0.25) is 0 Å². The van der Waals surface area contributed by atoms with Gasteiger partial charge >= 0.3 is 0 Å². The maximum absolute atomic E-state index is 13.2. The van der Waals surface area contributed by atoms with Crippen LogP contribution in [0.2, 0.25) is 0 Å². The number of carbonyl (C=O) groups excluding carboxylic acids is 1. The highest BCUT2D eigenvalue weighted by Crippen LogP contribution is 2.36. The van der Waals surface area contributed by atoms with Crippen LogP contribution in [0.3, 0.4) is 0 Å². The second kappa shape index (κ2) is 5.70. The molecule has 4 heteroatoms. The van der Waals surface area contributed by atoms with E-state index in [1.165, 1.54) is 25.0 Å². The highest BCUT2D eigenvalue weighted by atomic mass is 19.1. The zero-order valence-corrected chi connectivity index (χ0v) is 11.3. The highest BCUT2D eigenvalue weighted by molar-refractivity contribution is 5.94. The summed E-state index contributed by atoms with van der Waals surface area (Å²) in [5.74, 6) is -0.436. The van der Waals surface area contributed by atoms with Crippen molar-refractivity contribution in [2.75, 3.05) is 13.1 Å². The summed E-state index contributed by atoms with van der Waals surface area (Å²) >= 11 is 0. The van der Waals surface area contributed by atoms with Gasteiger partial charge in [-0.25, -0.2) is 4.39 Å². The second-order valence-electron chi connectivity index (χ2n) is 5.56. The van der Waals surface area contributed by atoms with Crippen molar-refractivity contribution >= 4 is 5.91 Å². The molecular weight excluding hydrogens is 243 g/mol. The largest absolute Gasteiger partial charge is 0.351 e. The fourth-order valence-electron chi connectivity index (χ4n) is 2.73. The number of aryl methyl sites for hydroxylation is 1. The van der Waals surface area contributed by atoms with Crippen LogP contribution in [0.5, 0.6) is 0 Å². The molecule has 3 N–H and O–H groups in total. The van der Waals surface area contributed by atoms with Crippen LogP contribution in [-0.4, -0.2) is 19.0 Å². The van der Waals surface area contributed by atoms with Gasteiger partial charge in [-0.3, -0.25) is 4.79 Å². The number of nitrogens with two attached hydrogens (primary N) is 1. The van der Waals surface area contributed by atoms with Crippen molar-refractivity contribution in [3.05, 3.63) is 35.1 Å². The standard InChI is InChI=1S/C15H21FN2O/c1-11-8-12(4-5-13(11)16)14(19)18-10-15(9-17)6-2-3-7-15/h4-5,8H,2-3,6-7,9-10,17H2,1H3,(H,18,19). The number of amides is 1. The van der Waals surface area contributed by atoms with Crippen LogP contribution in [0, 0.1) is 18.2 Å². The third-order valence-corrected chi connectivity index (χ3v) is 4.14. The van der Waals surface area contributed by atoms with Crippen LogP contribution in [0.1, 0.15) is 41.6 Å². The lowest BCUT2D eigenvalue weighted by molar-refractivity contribution is 0.0932. The van der Waals surface area contributed by atoms with Crippen LogP contribution in [-0.2, 0) is 0 Å². The fraction of sp³-hybridized carbons (Fsp3) is 0.533. The maximum atomic E-state index is 13.2. The molecule has 1 aliphatic rings. The molecule has 3 nitrogen and oxygen atoms in total. The van der Waals surface area contributed by atoms with Crippen molar-refractivity contribution in [3.63, 3.8) is 0 Å². The first-order valence-corrected chi connectivity index (χ1v) is 6.81. The lowest BCUT2D eigenvalue weighted by Crippen LogP contribution is -2.40. The molecule has 1 fully saturated rings. The molecule has 0 heterocycles. The number of benzene rings is 1. The summed E-state index contributed by atoms with van der Waals surface area (Å²) in [6, 6.07) is 4.42. The van der Waals surface area contributed by atoms with E-state index in [0.717, 1.165) is 12.8 Å². The van der Waals surface area contributed by atoms with Gasteiger partial charge in [-0.05, 0) is 55.5 Å². The number of carbonyl (C=O) groups is 1. The van der Waals surface area contributed by atoms with Crippen molar-refractivity contribution in [3.8, 4) is 0 Å². The fourth-order valence-corrected chi connectivity index (χ4v) is 2.73. The first-order chi connectivity index (χ1) is 9.06. The lowest BCUT2D eigenvalue weighted by Gasteiger charge is -2.27. The molecule has 0 unspecified atom stereocenters. The molecule has 0 atom stereocenters. The average Bonchev–Trinajstić information content (AvgIpc) is 2.89. The molecule has 0 aromatic heterocycles. The van der Waals surface area contributed by atoms with Crippen LogP contribution in [0.25, 0.3) is 0 Å². The summed E-state index contributed by atoms with van der Waals surface area (Å²) in [4.78, 5) is 12.0. The van der Waals surface area contributed by atoms with Crippen molar-refractivity contribution in [1.29, 1.82) is 0 Å². The number of rotatable bonds is 4. The first-order valence-electron chi connectivity index (χ1n) is 6.81. The van der Waals surface area contributed by atoms with E-state index in [9.17, 15) is 9.18 Å². The van der Waals surface area contributed by atoms with E-state index < -0.39 is 0 Å². The van der Waals surface area contributed by atoms with Gasteiger partial charge in [0.05, 0.1) is 0 Å². The predicted molar refractivity (Wildman–Crippen MR) is 73.4 cm³/mol. The lowest BCUT2D eigenvalue weighted by atomic mass is 9.86. The second-order valence-corrected chi connectivity index (χ2v) is 5.56. The van der Waals surface area contributed by atoms with Gasteiger partial charge in [-0.1, -0.05) is 12.8 Å². The molecule has 1 saturated carbocycles.